The van der Waals surface area contributed by atoms with E-state index in [9.17, 15) is 0 Å². The van der Waals surface area contributed by atoms with Crippen molar-refractivity contribution in [1.82, 2.24) is 5.32 Å². The van der Waals surface area contributed by atoms with Crippen molar-refractivity contribution < 1.29 is 4.74 Å². The Morgan fingerprint density at radius 1 is 0.700 bits per heavy atom. The molecule has 1 unspecified atom stereocenters. The second-order valence-electron chi connectivity index (χ2n) is 7.74. The summed E-state index contributed by atoms with van der Waals surface area (Å²) >= 11 is 0. The lowest BCUT2D eigenvalue weighted by Crippen LogP contribution is -2.22. The number of hydrogen-bond acceptors (Lipinski definition) is 2. The molecule has 0 saturated carbocycles. The van der Waals surface area contributed by atoms with E-state index >= 15 is 0 Å². The van der Waals surface area contributed by atoms with Crippen LogP contribution in [-0.2, 0) is 0 Å². The van der Waals surface area contributed by atoms with Crippen molar-refractivity contribution in [3.63, 3.8) is 0 Å². The van der Waals surface area contributed by atoms with E-state index in [2.05, 4.69) is 109 Å². The molecule has 152 valence electrons. The minimum absolute atomic E-state index is 0.257. The van der Waals surface area contributed by atoms with Gasteiger partial charge in [-0.15, -0.1) is 0 Å². The van der Waals surface area contributed by atoms with Crippen LogP contribution in [0.25, 0.3) is 10.8 Å². The van der Waals surface area contributed by atoms with E-state index in [0.717, 1.165) is 24.1 Å². The van der Waals surface area contributed by atoms with Crippen molar-refractivity contribution in [1.29, 1.82) is 0 Å². The van der Waals surface area contributed by atoms with Crippen LogP contribution in [0.2, 0.25) is 0 Å². The lowest BCUT2D eigenvalue weighted by molar-refractivity contribution is 0.419. The predicted molar refractivity (Wildman–Crippen MR) is 126 cm³/mol. The molecule has 0 aromatic heterocycles. The fourth-order valence-electron chi connectivity index (χ4n) is 4.30. The van der Waals surface area contributed by atoms with Gasteiger partial charge >= 0.3 is 0 Å². The maximum Gasteiger partial charge on any atom is 0.126 e. The maximum atomic E-state index is 5.55. The maximum absolute atomic E-state index is 5.55. The van der Waals surface area contributed by atoms with Crippen molar-refractivity contribution in [2.75, 3.05) is 13.7 Å². The van der Waals surface area contributed by atoms with Crippen molar-refractivity contribution in [2.24, 2.45) is 0 Å². The Hall–Kier alpha value is -3.10. The summed E-state index contributed by atoms with van der Waals surface area (Å²) in [5.41, 5.74) is 4.04. The van der Waals surface area contributed by atoms with Gasteiger partial charge in [0.15, 0.2) is 0 Å². The van der Waals surface area contributed by atoms with Crippen molar-refractivity contribution in [2.45, 2.75) is 25.3 Å². The molecule has 0 bridgehead atoms. The highest BCUT2D eigenvalue weighted by Gasteiger charge is 2.16. The van der Waals surface area contributed by atoms with E-state index in [0.29, 0.717) is 5.92 Å². The average Bonchev–Trinajstić information content (AvgIpc) is 2.82. The van der Waals surface area contributed by atoms with Crippen molar-refractivity contribution >= 4 is 10.8 Å². The van der Waals surface area contributed by atoms with Crippen molar-refractivity contribution in [3.05, 3.63) is 114 Å². The summed E-state index contributed by atoms with van der Waals surface area (Å²) in [5, 5.41) is 6.17. The monoisotopic (exact) mass is 395 g/mol. The summed E-state index contributed by atoms with van der Waals surface area (Å²) < 4.78 is 5.55. The largest absolute Gasteiger partial charge is 0.496 e. The number of rotatable bonds is 8. The highest BCUT2D eigenvalue weighted by Crippen LogP contribution is 2.32. The Bertz CT molecular complexity index is 1040. The Morgan fingerprint density at radius 3 is 1.87 bits per heavy atom. The minimum Gasteiger partial charge on any atom is -0.496 e. The summed E-state index contributed by atoms with van der Waals surface area (Å²) in [5.74, 6) is 1.31. The first-order valence-electron chi connectivity index (χ1n) is 10.7. The first-order valence-corrected chi connectivity index (χ1v) is 10.7. The van der Waals surface area contributed by atoms with E-state index in [1.807, 2.05) is 0 Å². The molecule has 1 atom stereocenters. The topological polar surface area (TPSA) is 21.3 Å². The van der Waals surface area contributed by atoms with E-state index in [1.54, 1.807) is 7.11 Å². The van der Waals surface area contributed by atoms with Gasteiger partial charge in [-0.2, -0.15) is 0 Å². The van der Waals surface area contributed by atoms with Crippen LogP contribution in [0.4, 0.5) is 0 Å². The molecule has 1 N–H and O–H groups in total. The number of nitrogens with one attached hydrogen (secondary N) is 1. The van der Waals surface area contributed by atoms with Gasteiger partial charge in [0.25, 0.3) is 0 Å². The number of ether oxygens (including phenoxy) is 1. The van der Waals surface area contributed by atoms with Gasteiger partial charge < -0.3 is 10.1 Å². The summed E-state index contributed by atoms with van der Waals surface area (Å²) in [6.07, 6.45) is 1.05. The third-order valence-corrected chi connectivity index (χ3v) is 5.89. The van der Waals surface area contributed by atoms with Gasteiger partial charge in [-0.1, -0.05) is 91.0 Å². The molecular weight excluding hydrogens is 366 g/mol. The lowest BCUT2D eigenvalue weighted by atomic mass is 9.88. The second-order valence-corrected chi connectivity index (χ2v) is 7.74. The van der Waals surface area contributed by atoms with Gasteiger partial charge in [0.1, 0.15) is 5.75 Å². The zero-order chi connectivity index (χ0) is 20.8. The van der Waals surface area contributed by atoms with E-state index in [-0.39, 0.29) is 6.04 Å². The Morgan fingerprint density at radius 2 is 1.27 bits per heavy atom. The number of hydrogen-bond donors (Lipinski definition) is 1. The smallest absolute Gasteiger partial charge is 0.126 e. The molecule has 2 heteroatoms. The van der Waals surface area contributed by atoms with Gasteiger partial charge in [0, 0.05) is 17.3 Å². The first kappa shape index (κ1) is 20.2. The lowest BCUT2D eigenvalue weighted by Gasteiger charge is -2.21. The zero-order valence-corrected chi connectivity index (χ0v) is 17.7. The van der Waals surface area contributed by atoms with Crippen LogP contribution < -0.4 is 10.1 Å². The van der Waals surface area contributed by atoms with Gasteiger partial charge in [-0.05, 0) is 48.0 Å². The average molecular weight is 396 g/mol. The van der Waals surface area contributed by atoms with Crippen LogP contribution in [0.3, 0.4) is 0 Å². The van der Waals surface area contributed by atoms with Crippen molar-refractivity contribution in [3.8, 4) is 5.75 Å². The van der Waals surface area contributed by atoms with Crippen LogP contribution in [0.15, 0.2) is 97.1 Å². The van der Waals surface area contributed by atoms with Crippen LogP contribution in [-0.4, -0.2) is 13.7 Å². The number of fused-ring (bicyclic) bond motifs is 1. The zero-order valence-electron chi connectivity index (χ0n) is 17.7. The normalized spacial score (nSPS) is 12.2. The molecule has 0 aliphatic carbocycles. The SMILES string of the molecule is COc1ccc(C(C)NCCC(c2ccccc2)c2ccccc2)c2ccccc12. The van der Waals surface area contributed by atoms with E-state index in [4.69, 9.17) is 4.74 Å². The summed E-state index contributed by atoms with van der Waals surface area (Å²) in [7, 11) is 1.73. The van der Waals surface area contributed by atoms with Crippen LogP contribution in [0.1, 0.15) is 42.0 Å². The molecule has 30 heavy (non-hydrogen) atoms. The molecule has 0 amide bonds. The van der Waals surface area contributed by atoms with Gasteiger partial charge in [-0.25, -0.2) is 0 Å². The van der Waals surface area contributed by atoms with Crippen LogP contribution in [0, 0.1) is 0 Å². The summed E-state index contributed by atoms with van der Waals surface area (Å²) in [4.78, 5) is 0. The van der Waals surface area contributed by atoms with E-state index in [1.165, 1.54) is 22.1 Å². The van der Waals surface area contributed by atoms with Crippen LogP contribution in [0.5, 0.6) is 5.75 Å². The third-order valence-electron chi connectivity index (χ3n) is 5.89. The molecule has 0 heterocycles. The third kappa shape index (κ3) is 4.39. The molecule has 4 aromatic carbocycles. The molecule has 4 aromatic rings. The molecule has 0 saturated heterocycles. The molecule has 0 fully saturated rings. The molecule has 0 aliphatic heterocycles. The Balaban J connectivity index is 1.51. The van der Waals surface area contributed by atoms with Gasteiger partial charge in [-0.3, -0.25) is 0 Å². The molecule has 4 rings (SSSR count). The fraction of sp³-hybridized carbons (Fsp3) is 0.214. The summed E-state index contributed by atoms with van der Waals surface area (Å²) in [6, 6.07) is 34.6. The van der Waals surface area contributed by atoms with Crippen LogP contribution >= 0.6 is 0 Å². The number of methoxy groups -OCH3 is 1. The summed E-state index contributed by atoms with van der Waals surface area (Å²) in [6.45, 7) is 3.18. The molecule has 0 spiro atoms. The molecule has 2 nitrogen and oxygen atoms in total. The highest BCUT2D eigenvalue weighted by molar-refractivity contribution is 5.91. The standard InChI is InChI=1S/C28H29NO/c1-21(24-17-18-28(30-2)27-16-10-9-15-26(24)27)29-20-19-25(22-11-5-3-6-12-22)23-13-7-4-8-14-23/h3-18,21,25,29H,19-20H2,1-2H3. The first-order chi connectivity index (χ1) is 14.8. The highest BCUT2D eigenvalue weighted by atomic mass is 16.5. The second kappa shape index (κ2) is 9.60. The fourth-order valence-corrected chi connectivity index (χ4v) is 4.30. The quantitative estimate of drug-likeness (QED) is 0.357. The molecular formula is C28H29NO. The minimum atomic E-state index is 0.257. The van der Waals surface area contributed by atoms with Gasteiger partial charge in [0.2, 0.25) is 0 Å². The Labute approximate surface area is 179 Å². The number of benzene rings is 4. The Kier molecular flexibility index (Phi) is 6.46. The molecule has 0 aliphatic rings. The van der Waals surface area contributed by atoms with Gasteiger partial charge in [0.05, 0.1) is 7.11 Å². The van der Waals surface area contributed by atoms with E-state index < -0.39 is 0 Å². The predicted octanol–water partition coefficient (Wildman–Crippen LogP) is 6.72. The molecule has 0 radical (unpaired) electrons.